The van der Waals surface area contributed by atoms with Crippen LogP contribution in [0.5, 0.6) is 5.75 Å². The number of halogens is 3. The van der Waals surface area contributed by atoms with Gasteiger partial charge in [0.2, 0.25) is 0 Å². The maximum atomic E-state index is 14.3. The minimum atomic E-state index is -5.00. The highest BCUT2D eigenvalue weighted by atomic mass is 32.2. The Morgan fingerprint density at radius 1 is 1.18 bits per heavy atom. The Kier molecular flexibility index (Phi) is 5.87. The molecule has 2 heterocycles. The summed E-state index contributed by atoms with van der Waals surface area (Å²) in [5.74, 6) is 0.147. The fraction of sp³-hybridized carbons (Fsp3) is 0.565. The summed E-state index contributed by atoms with van der Waals surface area (Å²) in [6.45, 7) is 2.52. The molecule has 0 bridgehead atoms. The maximum Gasteiger partial charge on any atom is 0.418 e. The van der Waals surface area contributed by atoms with Gasteiger partial charge < -0.3 is 14.4 Å². The summed E-state index contributed by atoms with van der Waals surface area (Å²) in [5, 5.41) is 11.0. The van der Waals surface area contributed by atoms with Gasteiger partial charge in [0.25, 0.3) is 0 Å². The van der Waals surface area contributed by atoms with Gasteiger partial charge in [-0.1, -0.05) is 13.8 Å². The highest BCUT2D eigenvalue weighted by Gasteiger charge is 2.57. The van der Waals surface area contributed by atoms with E-state index >= 15 is 0 Å². The van der Waals surface area contributed by atoms with Crippen molar-refractivity contribution in [3.05, 3.63) is 41.0 Å². The number of Topliss-reactive ketones (excluding diaryl/α,β-unsaturated/α-hetero) is 1. The van der Waals surface area contributed by atoms with Crippen molar-refractivity contribution in [1.29, 1.82) is 0 Å². The fourth-order valence-electron chi connectivity index (χ4n) is 4.92. The van der Waals surface area contributed by atoms with Gasteiger partial charge in [-0.05, 0) is 42.4 Å². The van der Waals surface area contributed by atoms with Crippen LogP contribution < -0.4 is 4.74 Å². The third-order valence-corrected chi connectivity index (χ3v) is 7.73. The van der Waals surface area contributed by atoms with Crippen molar-refractivity contribution < 1.29 is 36.2 Å². The van der Waals surface area contributed by atoms with E-state index in [0.29, 0.717) is 54.9 Å². The van der Waals surface area contributed by atoms with Gasteiger partial charge in [0, 0.05) is 30.4 Å². The van der Waals surface area contributed by atoms with Crippen LogP contribution >= 0.6 is 0 Å². The molecule has 1 aromatic heterocycles. The third-order valence-electron chi connectivity index (χ3n) is 6.64. The molecule has 1 unspecified atom stereocenters. The van der Waals surface area contributed by atoms with Gasteiger partial charge >= 0.3 is 6.18 Å². The molecule has 34 heavy (non-hydrogen) atoms. The smallest absolute Gasteiger partial charge is 0.418 e. The van der Waals surface area contributed by atoms with Crippen molar-refractivity contribution in [2.45, 2.75) is 74.6 Å². The number of aliphatic hydroxyl groups is 1. The summed E-state index contributed by atoms with van der Waals surface area (Å²) in [6, 6.07) is 2.83. The highest BCUT2D eigenvalue weighted by molar-refractivity contribution is 7.90. The molecule has 1 N–H and O–H groups in total. The number of carbonyl (C=O) groups is 1. The van der Waals surface area contributed by atoms with Crippen LogP contribution in [-0.2, 0) is 34.6 Å². The quantitative estimate of drug-likeness (QED) is 0.653. The molecule has 2 aliphatic rings. The second-order valence-corrected chi connectivity index (χ2v) is 11.9. The zero-order chi connectivity index (χ0) is 25.1. The van der Waals surface area contributed by atoms with Crippen LogP contribution in [0.2, 0.25) is 0 Å². The Balaban J connectivity index is 1.75. The molecule has 4 rings (SSSR count). The van der Waals surface area contributed by atoms with E-state index in [9.17, 15) is 31.5 Å². The number of hydrogen-bond donors (Lipinski definition) is 1. The van der Waals surface area contributed by atoms with E-state index in [1.807, 2.05) is 0 Å². The van der Waals surface area contributed by atoms with Gasteiger partial charge in [-0.3, -0.25) is 4.79 Å². The zero-order valence-electron chi connectivity index (χ0n) is 19.2. The Labute approximate surface area is 195 Å². The largest absolute Gasteiger partial charge is 0.493 e. The first-order valence-corrected chi connectivity index (χ1v) is 12.9. The molecular formula is C23H27F3N2O5S. The molecule has 1 aromatic carbocycles. The first kappa shape index (κ1) is 24.7. The Morgan fingerprint density at radius 2 is 1.88 bits per heavy atom. The van der Waals surface area contributed by atoms with E-state index in [0.717, 1.165) is 6.26 Å². The Hall–Kier alpha value is -2.40. The van der Waals surface area contributed by atoms with E-state index in [1.54, 1.807) is 0 Å². The van der Waals surface area contributed by atoms with E-state index < -0.39 is 40.0 Å². The number of ether oxygens (including phenoxy) is 1. The number of sulfone groups is 1. The fourth-order valence-corrected chi connectivity index (χ4v) is 5.61. The highest BCUT2D eigenvalue weighted by Crippen LogP contribution is 2.47. The predicted octanol–water partition coefficient (Wildman–Crippen LogP) is 3.40. The molecule has 0 radical (unpaired) electrons. The molecule has 0 fully saturated rings. The standard InChI is InChI=1S/C23H27F3N2O5S/c1-21(2,16-10-15(34(3,31)32)9-14-7-8-33-20(14)16)11-22(30,23(24,25)26)12-28-13-27-19-17(28)5-4-6-18(19)29/h9-10,13,30H,4-8,11-12H2,1-3H3. The first-order chi connectivity index (χ1) is 15.6. The van der Waals surface area contributed by atoms with Crippen molar-refractivity contribution in [1.82, 2.24) is 9.55 Å². The van der Waals surface area contributed by atoms with Gasteiger partial charge in [0.15, 0.2) is 21.2 Å². The van der Waals surface area contributed by atoms with Crippen molar-refractivity contribution in [3.63, 3.8) is 0 Å². The summed E-state index contributed by atoms with van der Waals surface area (Å²) >= 11 is 0. The van der Waals surface area contributed by atoms with Gasteiger partial charge in [0.05, 0.1) is 24.4 Å². The lowest BCUT2D eigenvalue weighted by Gasteiger charge is -2.39. The SMILES string of the molecule is CC(C)(CC(O)(Cn1cnc2c1CCCC2=O)C(F)(F)F)c1cc(S(C)(=O)=O)cc2c1OCC2. The van der Waals surface area contributed by atoms with Crippen LogP contribution in [0.25, 0.3) is 0 Å². The topological polar surface area (TPSA) is 98.5 Å². The average Bonchev–Trinajstić information content (AvgIpc) is 3.33. The van der Waals surface area contributed by atoms with E-state index in [1.165, 1.54) is 36.9 Å². The van der Waals surface area contributed by atoms with Gasteiger partial charge in [0.1, 0.15) is 11.4 Å². The molecule has 2 aromatic rings. The summed E-state index contributed by atoms with van der Waals surface area (Å²) < 4.78 is 74.3. The maximum absolute atomic E-state index is 14.3. The molecular weight excluding hydrogens is 473 g/mol. The van der Waals surface area contributed by atoms with E-state index in [4.69, 9.17) is 4.74 Å². The lowest BCUT2D eigenvalue weighted by molar-refractivity contribution is -0.271. The van der Waals surface area contributed by atoms with Crippen LogP contribution in [0, 0.1) is 0 Å². The zero-order valence-corrected chi connectivity index (χ0v) is 20.0. The Morgan fingerprint density at radius 3 is 2.53 bits per heavy atom. The number of carbonyl (C=O) groups excluding carboxylic acids is 1. The van der Waals surface area contributed by atoms with E-state index in [2.05, 4.69) is 4.98 Å². The normalized spacial score (nSPS) is 18.3. The molecule has 0 saturated heterocycles. The average molecular weight is 501 g/mol. The van der Waals surface area contributed by atoms with Crippen molar-refractivity contribution in [3.8, 4) is 5.75 Å². The molecule has 1 aliphatic heterocycles. The van der Waals surface area contributed by atoms with Crippen LogP contribution in [0.4, 0.5) is 13.2 Å². The number of aromatic nitrogens is 2. The third kappa shape index (κ3) is 4.35. The molecule has 7 nitrogen and oxygen atoms in total. The molecule has 11 heteroatoms. The molecule has 1 aliphatic carbocycles. The van der Waals surface area contributed by atoms with Gasteiger partial charge in [-0.2, -0.15) is 13.2 Å². The van der Waals surface area contributed by atoms with Crippen LogP contribution in [-0.4, -0.2) is 53.5 Å². The summed E-state index contributed by atoms with van der Waals surface area (Å²) in [7, 11) is -3.62. The molecule has 0 amide bonds. The number of benzene rings is 1. The monoisotopic (exact) mass is 500 g/mol. The summed E-state index contributed by atoms with van der Waals surface area (Å²) in [5.41, 5.74) is -3.02. The molecule has 0 saturated carbocycles. The van der Waals surface area contributed by atoms with Crippen molar-refractivity contribution in [2.24, 2.45) is 0 Å². The molecule has 1 atom stereocenters. The number of nitrogens with zero attached hydrogens (tertiary/aromatic N) is 2. The van der Waals surface area contributed by atoms with Crippen molar-refractivity contribution in [2.75, 3.05) is 12.9 Å². The number of hydrogen-bond acceptors (Lipinski definition) is 6. The van der Waals surface area contributed by atoms with Crippen LogP contribution in [0.1, 0.15) is 60.4 Å². The molecule has 186 valence electrons. The number of ketones is 1. The van der Waals surface area contributed by atoms with Gasteiger partial charge in [-0.15, -0.1) is 0 Å². The predicted molar refractivity (Wildman–Crippen MR) is 117 cm³/mol. The minimum Gasteiger partial charge on any atom is -0.493 e. The van der Waals surface area contributed by atoms with E-state index in [-0.39, 0.29) is 16.4 Å². The number of alkyl halides is 3. The number of imidazole rings is 1. The van der Waals surface area contributed by atoms with Gasteiger partial charge in [-0.25, -0.2) is 13.4 Å². The lowest BCUT2D eigenvalue weighted by atomic mass is 9.74. The Bertz CT molecular complexity index is 1250. The first-order valence-electron chi connectivity index (χ1n) is 11.0. The minimum absolute atomic E-state index is 0.00225. The van der Waals surface area contributed by atoms with Crippen LogP contribution in [0.15, 0.2) is 23.4 Å². The molecule has 0 spiro atoms. The summed E-state index contributed by atoms with van der Waals surface area (Å²) in [4.78, 5) is 16.1. The second kappa shape index (κ2) is 8.08. The number of rotatable bonds is 6. The van der Waals surface area contributed by atoms with Crippen molar-refractivity contribution >= 4 is 15.6 Å². The number of fused-ring (bicyclic) bond motifs is 2. The van der Waals surface area contributed by atoms with Crippen LogP contribution in [0.3, 0.4) is 0 Å². The lowest BCUT2D eigenvalue weighted by Crippen LogP contribution is -2.52. The second-order valence-electron chi connectivity index (χ2n) is 9.86. The summed E-state index contributed by atoms with van der Waals surface area (Å²) in [6.07, 6.45) is -1.90.